The van der Waals surface area contributed by atoms with Crippen molar-refractivity contribution in [2.75, 3.05) is 0 Å². The molecule has 1 heterocycles. The van der Waals surface area contributed by atoms with Gasteiger partial charge in [0.1, 0.15) is 5.69 Å². The number of hydrazine groups is 1. The zero-order valence-corrected chi connectivity index (χ0v) is 15.2. The number of H-pyrrole nitrogens is 1. The first-order valence-electron chi connectivity index (χ1n) is 7.09. The molecule has 1 amide bonds. The van der Waals surface area contributed by atoms with Crippen LogP contribution in [-0.2, 0) is 10.0 Å². The van der Waals surface area contributed by atoms with E-state index in [2.05, 4.69) is 45.0 Å². The molecule has 6 nitrogen and oxygen atoms in total. The minimum absolute atomic E-state index is 0.0949. The van der Waals surface area contributed by atoms with Crippen LogP contribution in [0.3, 0.4) is 0 Å². The number of carbonyl (C=O) groups is 1. The SMILES string of the molecule is CC[C@@H](C)c1ccc(S(=O)(=O)NNC(=O)c2cc(Br)c[nH]2)cc1. The Labute approximate surface area is 143 Å². The van der Waals surface area contributed by atoms with Crippen LogP contribution in [0.1, 0.15) is 42.2 Å². The van der Waals surface area contributed by atoms with Gasteiger partial charge < -0.3 is 4.98 Å². The average molecular weight is 400 g/mol. The van der Waals surface area contributed by atoms with Gasteiger partial charge in [0.05, 0.1) is 4.90 Å². The summed E-state index contributed by atoms with van der Waals surface area (Å²) >= 11 is 3.20. The molecule has 8 heteroatoms. The highest BCUT2D eigenvalue weighted by Gasteiger charge is 2.16. The largest absolute Gasteiger partial charge is 0.356 e. The van der Waals surface area contributed by atoms with Crippen molar-refractivity contribution in [3.05, 3.63) is 52.3 Å². The van der Waals surface area contributed by atoms with Crippen LogP contribution in [0.5, 0.6) is 0 Å². The number of halogens is 1. The number of benzene rings is 1. The van der Waals surface area contributed by atoms with E-state index in [-0.39, 0.29) is 10.6 Å². The number of rotatable bonds is 6. The van der Waals surface area contributed by atoms with Crippen LogP contribution in [-0.4, -0.2) is 19.3 Å². The molecule has 2 aromatic rings. The number of hydrogen-bond donors (Lipinski definition) is 3. The van der Waals surface area contributed by atoms with Crippen LogP contribution in [0, 0.1) is 0 Å². The van der Waals surface area contributed by atoms with Gasteiger partial charge in [0.2, 0.25) is 0 Å². The lowest BCUT2D eigenvalue weighted by atomic mass is 9.99. The predicted octanol–water partition coefficient (Wildman–Crippen LogP) is 2.91. The number of hydrogen-bond acceptors (Lipinski definition) is 3. The van der Waals surface area contributed by atoms with Gasteiger partial charge in [-0.3, -0.25) is 10.2 Å². The lowest BCUT2D eigenvalue weighted by molar-refractivity contribution is 0.0940. The van der Waals surface area contributed by atoms with Crippen molar-refractivity contribution < 1.29 is 13.2 Å². The van der Waals surface area contributed by atoms with E-state index in [1.807, 2.05) is 0 Å². The van der Waals surface area contributed by atoms with Crippen LogP contribution < -0.4 is 10.3 Å². The molecule has 0 saturated carbocycles. The fourth-order valence-corrected chi connectivity index (χ4v) is 3.13. The first-order valence-corrected chi connectivity index (χ1v) is 9.37. The molecule has 124 valence electrons. The molecule has 0 fully saturated rings. The summed E-state index contributed by atoms with van der Waals surface area (Å²) in [7, 11) is -3.81. The van der Waals surface area contributed by atoms with Crippen LogP contribution in [0.25, 0.3) is 0 Å². The van der Waals surface area contributed by atoms with Crippen molar-refractivity contribution >= 4 is 31.9 Å². The van der Waals surface area contributed by atoms with Crippen molar-refractivity contribution in [2.45, 2.75) is 31.1 Å². The third-order valence-electron chi connectivity index (χ3n) is 3.56. The lowest BCUT2D eigenvalue weighted by Crippen LogP contribution is -2.41. The Bertz CT molecular complexity index is 785. The smallest absolute Gasteiger partial charge is 0.282 e. The van der Waals surface area contributed by atoms with Crippen molar-refractivity contribution in [2.24, 2.45) is 0 Å². The Morgan fingerprint density at radius 2 is 1.96 bits per heavy atom. The highest BCUT2D eigenvalue weighted by Crippen LogP contribution is 2.20. The molecule has 3 N–H and O–H groups in total. The van der Waals surface area contributed by atoms with Gasteiger partial charge in [-0.25, -0.2) is 8.42 Å². The Hall–Kier alpha value is -1.64. The van der Waals surface area contributed by atoms with Gasteiger partial charge in [0.25, 0.3) is 15.9 Å². The van der Waals surface area contributed by atoms with Crippen molar-refractivity contribution in [1.82, 2.24) is 15.2 Å². The van der Waals surface area contributed by atoms with Crippen molar-refractivity contribution in [3.63, 3.8) is 0 Å². The van der Waals surface area contributed by atoms with E-state index in [9.17, 15) is 13.2 Å². The Balaban J connectivity index is 2.05. The summed E-state index contributed by atoms with van der Waals surface area (Å²) in [5, 5.41) is 0. The number of aromatic nitrogens is 1. The molecule has 0 unspecified atom stereocenters. The molecule has 23 heavy (non-hydrogen) atoms. The number of amides is 1. The Morgan fingerprint density at radius 3 is 2.48 bits per heavy atom. The second kappa shape index (κ2) is 7.29. The zero-order valence-electron chi connectivity index (χ0n) is 12.8. The standard InChI is InChI=1S/C15H18BrN3O3S/c1-3-10(2)11-4-6-13(7-5-11)23(21,22)19-18-15(20)14-8-12(16)9-17-14/h4-10,17,19H,3H2,1-2H3,(H,18,20)/t10-/m1/s1. The summed E-state index contributed by atoms with van der Waals surface area (Å²) in [4.78, 5) is 16.7. The lowest BCUT2D eigenvalue weighted by Gasteiger charge is -2.11. The van der Waals surface area contributed by atoms with E-state index >= 15 is 0 Å². The first kappa shape index (κ1) is 17.7. The van der Waals surface area contributed by atoms with Gasteiger partial charge in [0.15, 0.2) is 0 Å². The monoisotopic (exact) mass is 399 g/mol. The normalized spacial score (nSPS) is 12.8. The topological polar surface area (TPSA) is 91.1 Å². The van der Waals surface area contributed by atoms with E-state index in [0.29, 0.717) is 10.4 Å². The van der Waals surface area contributed by atoms with Gasteiger partial charge in [-0.05, 0) is 52.0 Å². The summed E-state index contributed by atoms with van der Waals surface area (Å²) in [6.45, 7) is 4.15. The summed E-state index contributed by atoms with van der Waals surface area (Å²) in [6.07, 6.45) is 2.56. The third-order valence-corrected chi connectivity index (χ3v) is 5.28. The van der Waals surface area contributed by atoms with E-state index in [1.54, 1.807) is 24.4 Å². The second-order valence-corrected chi connectivity index (χ2v) is 7.77. The molecule has 1 aromatic carbocycles. The molecule has 2 rings (SSSR count). The van der Waals surface area contributed by atoms with Crippen LogP contribution in [0.15, 0.2) is 45.9 Å². The van der Waals surface area contributed by atoms with E-state index < -0.39 is 15.9 Å². The maximum absolute atomic E-state index is 12.2. The number of sulfonamides is 1. The second-order valence-electron chi connectivity index (χ2n) is 5.17. The first-order chi connectivity index (χ1) is 10.8. The predicted molar refractivity (Wildman–Crippen MR) is 91.4 cm³/mol. The quantitative estimate of drug-likeness (QED) is 0.652. The highest BCUT2D eigenvalue weighted by atomic mass is 79.9. The molecule has 0 bridgehead atoms. The fourth-order valence-electron chi connectivity index (χ4n) is 1.95. The zero-order chi connectivity index (χ0) is 17.0. The molecule has 1 atom stereocenters. The highest BCUT2D eigenvalue weighted by molar-refractivity contribution is 9.10. The maximum atomic E-state index is 12.2. The minimum Gasteiger partial charge on any atom is -0.356 e. The fraction of sp³-hybridized carbons (Fsp3) is 0.267. The van der Waals surface area contributed by atoms with Gasteiger partial charge in [-0.15, -0.1) is 4.83 Å². The van der Waals surface area contributed by atoms with E-state index in [0.717, 1.165) is 12.0 Å². The molecule has 0 saturated heterocycles. The third kappa shape index (κ3) is 4.43. The summed E-state index contributed by atoms with van der Waals surface area (Å²) < 4.78 is 25.1. The van der Waals surface area contributed by atoms with E-state index in [4.69, 9.17) is 0 Å². The minimum atomic E-state index is -3.81. The van der Waals surface area contributed by atoms with Crippen LogP contribution >= 0.6 is 15.9 Å². The molecule has 0 aliphatic rings. The maximum Gasteiger partial charge on any atom is 0.282 e. The Morgan fingerprint density at radius 1 is 1.30 bits per heavy atom. The van der Waals surface area contributed by atoms with Crippen LogP contribution in [0.4, 0.5) is 0 Å². The van der Waals surface area contributed by atoms with E-state index in [1.165, 1.54) is 12.1 Å². The molecule has 0 radical (unpaired) electrons. The summed E-state index contributed by atoms with van der Waals surface area (Å²) in [5.41, 5.74) is 3.49. The number of aromatic amines is 1. The van der Waals surface area contributed by atoms with Crippen molar-refractivity contribution in [1.29, 1.82) is 0 Å². The summed E-state index contributed by atoms with van der Waals surface area (Å²) in [5.74, 6) is -0.207. The number of carbonyl (C=O) groups excluding carboxylic acids is 1. The molecular weight excluding hydrogens is 382 g/mol. The summed E-state index contributed by atoms with van der Waals surface area (Å²) in [6, 6.07) is 8.17. The van der Waals surface area contributed by atoms with Gasteiger partial charge in [0, 0.05) is 10.7 Å². The average Bonchev–Trinajstić information content (AvgIpc) is 2.98. The Kier molecular flexibility index (Phi) is 5.61. The molecule has 1 aromatic heterocycles. The number of nitrogens with one attached hydrogen (secondary N) is 3. The molecule has 0 aliphatic heterocycles. The van der Waals surface area contributed by atoms with Crippen molar-refractivity contribution in [3.8, 4) is 0 Å². The molecule has 0 spiro atoms. The molecule has 0 aliphatic carbocycles. The van der Waals surface area contributed by atoms with Gasteiger partial charge in [-0.2, -0.15) is 0 Å². The van der Waals surface area contributed by atoms with Crippen LogP contribution in [0.2, 0.25) is 0 Å². The van der Waals surface area contributed by atoms with Gasteiger partial charge >= 0.3 is 0 Å². The molecular formula is C15H18BrN3O3S. The van der Waals surface area contributed by atoms with Gasteiger partial charge in [-0.1, -0.05) is 26.0 Å².